The van der Waals surface area contributed by atoms with Crippen molar-refractivity contribution in [2.24, 2.45) is 11.8 Å². The van der Waals surface area contributed by atoms with Crippen molar-refractivity contribution in [1.29, 1.82) is 0 Å². The van der Waals surface area contributed by atoms with Gasteiger partial charge >= 0.3 is 0 Å². The van der Waals surface area contributed by atoms with Gasteiger partial charge in [0.05, 0.1) is 12.6 Å². The summed E-state index contributed by atoms with van der Waals surface area (Å²) >= 11 is 0. The van der Waals surface area contributed by atoms with Crippen molar-refractivity contribution in [3.8, 4) is 5.88 Å². The Kier molecular flexibility index (Phi) is 5.37. The summed E-state index contributed by atoms with van der Waals surface area (Å²) < 4.78 is 5.54. The number of nitrogens with one attached hydrogen (secondary N) is 1. The Morgan fingerprint density at radius 3 is 2.96 bits per heavy atom. The van der Waals surface area contributed by atoms with Crippen molar-refractivity contribution in [1.82, 2.24) is 20.2 Å². The second kappa shape index (κ2) is 7.93. The van der Waals surface area contributed by atoms with Gasteiger partial charge in [-0.3, -0.25) is 9.59 Å². The van der Waals surface area contributed by atoms with Gasteiger partial charge in [0.1, 0.15) is 0 Å². The number of hydrogen-bond donors (Lipinski definition) is 1. The number of rotatable bonds is 5. The highest BCUT2D eigenvalue weighted by Gasteiger charge is 2.49. The Labute approximate surface area is 165 Å². The highest BCUT2D eigenvalue weighted by molar-refractivity contribution is 5.78. The van der Waals surface area contributed by atoms with Crippen LogP contribution in [-0.4, -0.2) is 65.0 Å². The van der Waals surface area contributed by atoms with Gasteiger partial charge in [0.25, 0.3) is 0 Å². The van der Waals surface area contributed by atoms with Crippen molar-refractivity contribution < 1.29 is 14.3 Å². The first kappa shape index (κ1) is 19.0. The van der Waals surface area contributed by atoms with Gasteiger partial charge in [-0.2, -0.15) is 4.98 Å². The van der Waals surface area contributed by atoms with E-state index in [1.165, 1.54) is 6.92 Å². The average molecular weight is 387 g/mol. The van der Waals surface area contributed by atoms with E-state index in [9.17, 15) is 9.59 Å². The molecule has 2 bridgehead atoms. The van der Waals surface area contributed by atoms with E-state index < -0.39 is 0 Å². The third-order valence-electron chi connectivity index (χ3n) is 6.25. The molecule has 4 rings (SSSR count). The van der Waals surface area contributed by atoms with Gasteiger partial charge in [0, 0.05) is 51.3 Å². The topological polar surface area (TPSA) is 87.7 Å². The van der Waals surface area contributed by atoms with Gasteiger partial charge in [0.15, 0.2) is 0 Å². The van der Waals surface area contributed by atoms with E-state index in [0.29, 0.717) is 43.2 Å². The summed E-state index contributed by atoms with van der Waals surface area (Å²) in [5.74, 6) is 2.18. The highest BCUT2D eigenvalue weighted by Crippen LogP contribution is 2.42. The fraction of sp³-hybridized carbons (Fsp3) is 0.700. The van der Waals surface area contributed by atoms with E-state index in [1.54, 1.807) is 12.3 Å². The SMILES string of the molecule is CCOc1ccnc(N2C[C@H]3C[C@@H](C2)[C@H](CNC(C)=O)N2C(=O)CCC[C@@H]32)n1. The molecule has 152 valence electrons. The van der Waals surface area contributed by atoms with Crippen molar-refractivity contribution in [3.63, 3.8) is 0 Å². The molecular formula is C20H29N5O3. The molecule has 3 fully saturated rings. The molecule has 4 heterocycles. The number of amides is 2. The Morgan fingerprint density at radius 2 is 2.18 bits per heavy atom. The van der Waals surface area contributed by atoms with E-state index in [0.717, 1.165) is 32.4 Å². The number of hydrogen-bond acceptors (Lipinski definition) is 6. The van der Waals surface area contributed by atoms with Gasteiger partial charge in [-0.1, -0.05) is 0 Å². The maximum atomic E-state index is 12.7. The van der Waals surface area contributed by atoms with E-state index >= 15 is 0 Å². The molecule has 0 aromatic carbocycles. The molecule has 1 aromatic heterocycles. The predicted octanol–water partition coefficient (Wildman–Crippen LogP) is 1.22. The van der Waals surface area contributed by atoms with Gasteiger partial charge < -0.3 is 19.9 Å². The van der Waals surface area contributed by atoms with Crippen molar-refractivity contribution in [2.45, 2.75) is 51.6 Å². The molecule has 8 heteroatoms. The van der Waals surface area contributed by atoms with Crippen molar-refractivity contribution >= 4 is 17.8 Å². The lowest BCUT2D eigenvalue weighted by molar-refractivity contribution is -0.149. The van der Waals surface area contributed by atoms with E-state index in [1.807, 2.05) is 6.92 Å². The second-order valence-electron chi connectivity index (χ2n) is 8.05. The van der Waals surface area contributed by atoms with E-state index in [4.69, 9.17) is 4.74 Å². The third kappa shape index (κ3) is 3.64. The lowest BCUT2D eigenvalue weighted by Gasteiger charge is -2.56. The largest absolute Gasteiger partial charge is 0.478 e. The minimum Gasteiger partial charge on any atom is -0.478 e. The molecule has 28 heavy (non-hydrogen) atoms. The van der Waals surface area contributed by atoms with Crippen LogP contribution in [0.1, 0.15) is 39.5 Å². The maximum Gasteiger partial charge on any atom is 0.228 e. The van der Waals surface area contributed by atoms with Crippen molar-refractivity contribution in [2.75, 3.05) is 31.1 Å². The number of aromatic nitrogens is 2. The molecule has 2 amide bonds. The van der Waals surface area contributed by atoms with E-state index in [2.05, 4.69) is 25.1 Å². The maximum absolute atomic E-state index is 12.7. The zero-order valence-corrected chi connectivity index (χ0v) is 16.6. The summed E-state index contributed by atoms with van der Waals surface area (Å²) in [5.41, 5.74) is 0. The molecule has 0 radical (unpaired) electrons. The van der Waals surface area contributed by atoms with Gasteiger partial charge in [-0.25, -0.2) is 4.98 Å². The fourth-order valence-electron chi connectivity index (χ4n) is 5.16. The summed E-state index contributed by atoms with van der Waals surface area (Å²) in [6.07, 6.45) is 5.43. The predicted molar refractivity (Wildman–Crippen MR) is 104 cm³/mol. The number of ether oxygens (including phenoxy) is 1. The second-order valence-corrected chi connectivity index (χ2v) is 8.05. The molecule has 0 spiro atoms. The summed E-state index contributed by atoms with van der Waals surface area (Å²) in [5, 5.41) is 2.95. The normalized spacial score (nSPS) is 29.3. The van der Waals surface area contributed by atoms with Gasteiger partial charge in [-0.05, 0) is 38.0 Å². The van der Waals surface area contributed by atoms with E-state index in [-0.39, 0.29) is 23.9 Å². The number of carbonyl (C=O) groups excluding carboxylic acids is 2. The van der Waals surface area contributed by atoms with Crippen LogP contribution in [0.5, 0.6) is 5.88 Å². The van der Waals surface area contributed by atoms with Gasteiger partial charge in [-0.15, -0.1) is 0 Å². The molecule has 3 aliphatic heterocycles. The van der Waals surface area contributed by atoms with Crippen LogP contribution >= 0.6 is 0 Å². The molecule has 3 saturated heterocycles. The summed E-state index contributed by atoms with van der Waals surface area (Å²) in [6, 6.07) is 2.06. The fourth-order valence-corrected chi connectivity index (χ4v) is 5.16. The Balaban J connectivity index is 1.59. The molecule has 0 unspecified atom stereocenters. The molecule has 8 nitrogen and oxygen atoms in total. The van der Waals surface area contributed by atoms with Crippen LogP contribution < -0.4 is 15.0 Å². The summed E-state index contributed by atoms with van der Waals surface area (Å²) in [6.45, 7) is 6.19. The Morgan fingerprint density at radius 1 is 1.36 bits per heavy atom. The Bertz CT molecular complexity index is 742. The van der Waals surface area contributed by atoms with Crippen LogP contribution in [0.15, 0.2) is 12.3 Å². The van der Waals surface area contributed by atoms with Crippen LogP contribution in [0.3, 0.4) is 0 Å². The first-order valence-corrected chi connectivity index (χ1v) is 10.3. The molecular weight excluding hydrogens is 358 g/mol. The third-order valence-corrected chi connectivity index (χ3v) is 6.25. The zero-order valence-electron chi connectivity index (χ0n) is 16.6. The number of piperidine rings is 3. The Hall–Kier alpha value is -2.38. The first-order valence-electron chi connectivity index (χ1n) is 10.3. The lowest BCUT2D eigenvalue weighted by atomic mass is 9.72. The molecule has 4 atom stereocenters. The minimum atomic E-state index is -0.0523. The van der Waals surface area contributed by atoms with Crippen LogP contribution in [0.2, 0.25) is 0 Å². The average Bonchev–Trinajstić information content (AvgIpc) is 2.68. The van der Waals surface area contributed by atoms with Crippen LogP contribution in [0, 0.1) is 11.8 Å². The minimum absolute atomic E-state index is 0.0378. The molecule has 3 aliphatic rings. The zero-order chi connectivity index (χ0) is 19.7. The molecule has 0 saturated carbocycles. The standard InChI is InChI=1S/C20H29N5O3/c1-3-28-18-7-8-21-20(23-18)24-11-14-9-15(12-24)17(10-22-13(2)26)25-16(14)5-4-6-19(25)27/h7-8,14-17H,3-6,9-12H2,1-2H3,(H,22,26)/t14-,15+,16+,17+/m1/s1. The van der Waals surface area contributed by atoms with Crippen molar-refractivity contribution in [3.05, 3.63) is 12.3 Å². The summed E-state index contributed by atoms with van der Waals surface area (Å²) in [7, 11) is 0. The quantitative estimate of drug-likeness (QED) is 0.817. The number of anilines is 1. The molecule has 1 aromatic rings. The van der Waals surface area contributed by atoms with Crippen LogP contribution in [0.4, 0.5) is 5.95 Å². The number of nitrogens with zero attached hydrogens (tertiary/aromatic N) is 4. The molecule has 0 aliphatic carbocycles. The first-order chi connectivity index (χ1) is 13.6. The summed E-state index contributed by atoms with van der Waals surface area (Å²) in [4.78, 5) is 37.7. The monoisotopic (exact) mass is 387 g/mol. The van der Waals surface area contributed by atoms with Gasteiger partial charge in [0.2, 0.25) is 23.6 Å². The van der Waals surface area contributed by atoms with Crippen LogP contribution in [-0.2, 0) is 9.59 Å². The van der Waals surface area contributed by atoms with Crippen LogP contribution in [0.25, 0.3) is 0 Å². The smallest absolute Gasteiger partial charge is 0.228 e. The highest BCUT2D eigenvalue weighted by atomic mass is 16.5. The lowest BCUT2D eigenvalue weighted by Crippen LogP contribution is -2.67. The number of fused-ring (bicyclic) bond motifs is 4. The molecule has 1 N–H and O–H groups in total. The number of carbonyl (C=O) groups is 2.